The summed E-state index contributed by atoms with van der Waals surface area (Å²) in [7, 11) is 0. The zero-order valence-corrected chi connectivity index (χ0v) is 10.0. The highest BCUT2D eigenvalue weighted by Gasteiger charge is 2.31. The van der Waals surface area contributed by atoms with Crippen molar-refractivity contribution in [2.24, 2.45) is 5.92 Å². The molecule has 1 aromatic rings. The van der Waals surface area contributed by atoms with Crippen LogP contribution in [0.25, 0.3) is 5.57 Å². The number of hydrogen-bond donors (Lipinski definition) is 1. The average Bonchev–Trinajstić information content (AvgIpc) is 2.90. The van der Waals surface area contributed by atoms with E-state index in [4.69, 9.17) is 16.9 Å². The van der Waals surface area contributed by atoms with Crippen molar-refractivity contribution in [3.8, 4) is 6.07 Å². The van der Waals surface area contributed by atoms with E-state index in [9.17, 15) is 0 Å². The first-order chi connectivity index (χ1) is 8.28. The minimum absolute atomic E-state index is 0.285. The lowest BCUT2D eigenvalue weighted by molar-refractivity contribution is 0.563. The lowest BCUT2D eigenvalue weighted by Crippen LogP contribution is -2.22. The van der Waals surface area contributed by atoms with Gasteiger partial charge in [0.05, 0.1) is 5.56 Å². The molecule has 86 valence electrons. The summed E-state index contributed by atoms with van der Waals surface area (Å²) in [6, 6.07) is 4.48. The zero-order chi connectivity index (χ0) is 11.8. The molecule has 0 unspecified atom stereocenters. The van der Waals surface area contributed by atoms with Gasteiger partial charge in [-0.15, -0.1) is 0 Å². The summed E-state index contributed by atoms with van der Waals surface area (Å²) in [6.07, 6.45) is 6.31. The molecule has 3 rings (SSSR count). The number of halogens is 1. The van der Waals surface area contributed by atoms with Gasteiger partial charge in [-0.05, 0) is 42.5 Å². The number of nitrogens with zero attached hydrogens (tertiary/aromatic N) is 2. The molecule has 1 N–H and O–H groups in total. The van der Waals surface area contributed by atoms with Gasteiger partial charge in [0.15, 0.2) is 0 Å². The van der Waals surface area contributed by atoms with Gasteiger partial charge in [0.1, 0.15) is 11.2 Å². The van der Waals surface area contributed by atoms with Gasteiger partial charge in [-0.3, -0.25) is 0 Å². The predicted octanol–water partition coefficient (Wildman–Crippen LogP) is 2.37. The maximum Gasteiger partial charge on any atom is 0.146 e. The Morgan fingerprint density at radius 3 is 3.18 bits per heavy atom. The second kappa shape index (κ2) is 4.14. The fourth-order valence-corrected chi connectivity index (χ4v) is 2.84. The van der Waals surface area contributed by atoms with Gasteiger partial charge in [0.2, 0.25) is 0 Å². The summed E-state index contributed by atoms with van der Waals surface area (Å²) in [6.45, 7) is 1.11. The molecule has 0 aromatic carbocycles. The van der Waals surface area contributed by atoms with Gasteiger partial charge in [-0.25, -0.2) is 4.98 Å². The summed E-state index contributed by atoms with van der Waals surface area (Å²) in [5, 5.41) is 12.7. The summed E-state index contributed by atoms with van der Waals surface area (Å²) < 4.78 is 0. The fraction of sp³-hybridized carbons (Fsp3) is 0.385. The van der Waals surface area contributed by atoms with Crippen LogP contribution in [0.5, 0.6) is 0 Å². The molecule has 1 saturated heterocycles. The summed E-state index contributed by atoms with van der Waals surface area (Å²) in [5.74, 6) is 0.645. The fourth-order valence-electron chi connectivity index (χ4n) is 2.69. The van der Waals surface area contributed by atoms with Crippen LogP contribution in [0.2, 0.25) is 5.15 Å². The highest BCUT2D eigenvalue weighted by molar-refractivity contribution is 6.30. The van der Waals surface area contributed by atoms with Crippen molar-refractivity contribution in [2.75, 3.05) is 6.54 Å². The third kappa shape index (κ3) is 1.84. The Morgan fingerprint density at radius 1 is 1.53 bits per heavy atom. The van der Waals surface area contributed by atoms with Gasteiger partial charge in [-0.1, -0.05) is 17.7 Å². The van der Waals surface area contributed by atoms with Crippen LogP contribution in [0.4, 0.5) is 0 Å². The Morgan fingerprint density at radius 2 is 2.41 bits per heavy atom. The van der Waals surface area contributed by atoms with Crippen LogP contribution in [0.15, 0.2) is 18.3 Å². The molecule has 0 radical (unpaired) electrons. The highest BCUT2D eigenvalue weighted by atomic mass is 35.5. The van der Waals surface area contributed by atoms with Crippen molar-refractivity contribution in [1.82, 2.24) is 10.3 Å². The SMILES string of the molecule is N#Cc1cc(C2=C[C@H]3CCN[C@H]3C2)cnc1Cl. The average molecular weight is 246 g/mol. The third-order valence-electron chi connectivity index (χ3n) is 3.59. The maximum absolute atomic E-state index is 8.94. The summed E-state index contributed by atoms with van der Waals surface area (Å²) >= 11 is 5.83. The number of rotatable bonds is 1. The molecule has 0 saturated carbocycles. The molecule has 2 aliphatic rings. The van der Waals surface area contributed by atoms with Crippen LogP contribution < -0.4 is 5.32 Å². The normalized spacial score (nSPS) is 26.5. The third-order valence-corrected chi connectivity index (χ3v) is 3.89. The lowest BCUT2D eigenvalue weighted by atomic mass is 10.0. The van der Waals surface area contributed by atoms with Crippen LogP contribution in [0.3, 0.4) is 0 Å². The topological polar surface area (TPSA) is 48.7 Å². The van der Waals surface area contributed by atoms with Gasteiger partial charge >= 0.3 is 0 Å². The van der Waals surface area contributed by atoms with Crippen LogP contribution in [-0.4, -0.2) is 17.6 Å². The van der Waals surface area contributed by atoms with E-state index >= 15 is 0 Å². The summed E-state index contributed by atoms with van der Waals surface area (Å²) in [5.41, 5.74) is 2.77. The quantitative estimate of drug-likeness (QED) is 0.773. The van der Waals surface area contributed by atoms with Gasteiger partial charge < -0.3 is 5.32 Å². The smallest absolute Gasteiger partial charge is 0.146 e. The number of hydrogen-bond acceptors (Lipinski definition) is 3. The zero-order valence-electron chi connectivity index (χ0n) is 9.28. The highest BCUT2D eigenvalue weighted by Crippen LogP contribution is 2.36. The Bertz CT molecular complexity index is 530. The Hall–Kier alpha value is -1.37. The molecule has 0 spiro atoms. The predicted molar refractivity (Wildman–Crippen MR) is 66.5 cm³/mol. The van der Waals surface area contributed by atoms with Crippen LogP contribution in [0.1, 0.15) is 24.0 Å². The molecular weight excluding hydrogens is 234 g/mol. The maximum atomic E-state index is 8.94. The van der Waals surface area contributed by atoms with E-state index in [0.29, 0.717) is 17.5 Å². The monoisotopic (exact) mass is 245 g/mol. The largest absolute Gasteiger partial charge is 0.313 e. The molecular formula is C13H12ClN3. The van der Waals surface area contributed by atoms with E-state index in [0.717, 1.165) is 18.5 Å². The molecule has 3 nitrogen and oxygen atoms in total. The van der Waals surface area contributed by atoms with Crippen LogP contribution >= 0.6 is 11.6 Å². The van der Waals surface area contributed by atoms with E-state index < -0.39 is 0 Å². The van der Waals surface area contributed by atoms with Crippen LogP contribution in [-0.2, 0) is 0 Å². The van der Waals surface area contributed by atoms with E-state index in [1.165, 1.54) is 12.0 Å². The van der Waals surface area contributed by atoms with Crippen molar-refractivity contribution in [1.29, 1.82) is 5.26 Å². The van der Waals surface area contributed by atoms with E-state index in [1.54, 1.807) is 6.20 Å². The molecule has 17 heavy (non-hydrogen) atoms. The Labute approximate surface area is 105 Å². The molecule has 1 fully saturated rings. The Kier molecular flexibility index (Phi) is 2.62. The van der Waals surface area contributed by atoms with E-state index in [2.05, 4.69) is 22.4 Å². The first-order valence-electron chi connectivity index (χ1n) is 5.78. The van der Waals surface area contributed by atoms with Crippen molar-refractivity contribution >= 4 is 17.2 Å². The molecule has 0 bridgehead atoms. The molecule has 4 heteroatoms. The number of pyridine rings is 1. The first kappa shape index (κ1) is 10.8. The van der Waals surface area contributed by atoms with Crippen molar-refractivity contribution in [3.05, 3.63) is 34.6 Å². The molecule has 1 aromatic heterocycles. The second-order valence-corrected chi connectivity index (χ2v) is 4.94. The molecule has 2 atom stereocenters. The Balaban J connectivity index is 1.93. The van der Waals surface area contributed by atoms with Gasteiger partial charge in [0.25, 0.3) is 0 Å². The van der Waals surface area contributed by atoms with E-state index in [1.807, 2.05) is 6.07 Å². The second-order valence-electron chi connectivity index (χ2n) is 4.58. The minimum atomic E-state index is 0.285. The number of fused-ring (bicyclic) bond motifs is 1. The number of nitriles is 1. The molecule has 0 amide bonds. The van der Waals surface area contributed by atoms with E-state index in [-0.39, 0.29) is 5.15 Å². The van der Waals surface area contributed by atoms with Crippen molar-refractivity contribution in [3.63, 3.8) is 0 Å². The molecule has 1 aliphatic carbocycles. The van der Waals surface area contributed by atoms with Gasteiger partial charge in [-0.2, -0.15) is 5.26 Å². The van der Waals surface area contributed by atoms with Crippen molar-refractivity contribution in [2.45, 2.75) is 18.9 Å². The van der Waals surface area contributed by atoms with Crippen LogP contribution in [0, 0.1) is 17.2 Å². The van der Waals surface area contributed by atoms with Crippen molar-refractivity contribution < 1.29 is 0 Å². The van der Waals surface area contributed by atoms with Gasteiger partial charge in [0, 0.05) is 12.2 Å². The molecule has 2 heterocycles. The standard InChI is InChI=1S/C13H12ClN3/c14-13-10(6-15)4-11(7-17-13)9-3-8-1-2-16-12(8)5-9/h3-4,7-8,12,16H,1-2,5H2/t8-,12+/m1/s1. The number of nitrogens with one attached hydrogen (secondary N) is 1. The minimum Gasteiger partial charge on any atom is -0.313 e. The summed E-state index contributed by atoms with van der Waals surface area (Å²) in [4.78, 5) is 4.07. The first-order valence-corrected chi connectivity index (χ1v) is 6.16. The lowest BCUT2D eigenvalue weighted by Gasteiger charge is -2.08. The number of aromatic nitrogens is 1. The molecule has 1 aliphatic heterocycles.